The summed E-state index contributed by atoms with van der Waals surface area (Å²) in [6.45, 7) is 0.151. The molecule has 0 heterocycles. The molecular weight excluding hydrogens is 253 g/mol. The van der Waals surface area contributed by atoms with Crippen molar-refractivity contribution in [2.45, 2.75) is 6.54 Å². The topological polar surface area (TPSA) is 29.1 Å². The monoisotopic (exact) mass is 263 g/mol. The first-order valence-electron chi connectivity index (χ1n) is 5.44. The Morgan fingerprint density at radius 1 is 1.17 bits per heavy atom. The van der Waals surface area contributed by atoms with Gasteiger partial charge in [0.2, 0.25) is 0 Å². The van der Waals surface area contributed by atoms with Crippen LogP contribution in [0.3, 0.4) is 0 Å². The van der Waals surface area contributed by atoms with Gasteiger partial charge in [-0.2, -0.15) is 0 Å². The normalized spacial score (nSPS) is 10.1. The van der Waals surface area contributed by atoms with E-state index < -0.39 is 0 Å². The summed E-state index contributed by atoms with van der Waals surface area (Å²) in [5.41, 5.74) is 0.909. The third-order valence-electron chi connectivity index (χ3n) is 2.48. The second-order valence-corrected chi connectivity index (χ2v) is 4.22. The quantitative estimate of drug-likeness (QED) is 0.903. The van der Waals surface area contributed by atoms with Crippen molar-refractivity contribution in [2.24, 2.45) is 0 Å². The van der Waals surface area contributed by atoms with Gasteiger partial charge in [-0.3, -0.25) is 4.79 Å². The Labute approximate surface area is 109 Å². The molecule has 0 atom stereocenters. The molecule has 0 bridgehead atoms. The molecule has 2 aromatic rings. The highest BCUT2D eigenvalue weighted by molar-refractivity contribution is 6.30. The van der Waals surface area contributed by atoms with E-state index in [1.54, 1.807) is 42.5 Å². The van der Waals surface area contributed by atoms with E-state index >= 15 is 0 Å². The minimum absolute atomic E-state index is 0.151. The van der Waals surface area contributed by atoms with Crippen molar-refractivity contribution in [1.29, 1.82) is 0 Å². The van der Waals surface area contributed by atoms with Gasteiger partial charge in [0.15, 0.2) is 0 Å². The zero-order chi connectivity index (χ0) is 13.0. The highest BCUT2D eigenvalue weighted by atomic mass is 35.5. The molecule has 0 spiro atoms. The summed E-state index contributed by atoms with van der Waals surface area (Å²) in [6.07, 6.45) is 0. The van der Waals surface area contributed by atoms with Gasteiger partial charge in [0.1, 0.15) is 5.82 Å². The van der Waals surface area contributed by atoms with Gasteiger partial charge in [-0.25, -0.2) is 4.39 Å². The van der Waals surface area contributed by atoms with Crippen LogP contribution in [0, 0.1) is 5.82 Å². The second-order valence-electron chi connectivity index (χ2n) is 3.78. The number of halogens is 2. The number of hydrogen-bond acceptors (Lipinski definition) is 1. The van der Waals surface area contributed by atoms with Crippen molar-refractivity contribution >= 4 is 17.5 Å². The molecule has 0 fully saturated rings. The molecule has 2 rings (SSSR count). The minimum Gasteiger partial charge on any atom is -0.348 e. The lowest BCUT2D eigenvalue weighted by Gasteiger charge is -2.06. The van der Waals surface area contributed by atoms with Gasteiger partial charge in [-0.1, -0.05) is 35.9 Å². The number of nitrogens with one attached hydrogen (secondary N) is 1. The first-order valence-corrected chi connectivity index (χ1v) is 5.82. The second kappa shape index (κ2) is 5.65. The fourth-order valence-electron chi connectivity index (χ4n) is 1.55. The van der Waals surface area contributed by atoms with Crippen LogP contribution in [0.25, 0.3) is 0 Å². The van der Waals surface area contributed by atoms with E-state index in [4.69, 9.17) is 11.6 Å². The Morgan fingerprint density at radius 3 is 2.67 bits per heavy atom. The molecule has 4 heteroatoms. The predicted octanol–water partition coefficient (Wildman–Crippen LogP) is 3.41. The van der Waals surface area contributed by atoms with Crippen LogP contribution >= 0.6 is 11.6 Å². The Bertz CT molecular complexity index is 571. The van der Waals surface area contributed by atoms with Gasteiger partial charge >= 0.3 is 0 Å². The SMILES string of the molecule is O=C(NCc1ccccc1F)c1cccc(Cl)c1. The maximum absolute atomic E-state index is 13.3. The van der Waals surface area contributed by atoms with Crippen LogP contribution in [-0.4, -0.2) is 5.91 Å². The van der Waals surface area contributed by atoms with Crippen molar-refractivity contribution in [3.8, 4) is 0 Å². The van der Waals surface area contributed by atoms with E-state index in [9.17, 15) is 9.18 Å². The van der Waals surface area contributed by atoms with Crippen LogP contribution in [0.5, 0.6) is 0 Å². The van der Waals surface area contributed by atoms with Crippen LogP contribution in [-0.2, 0) is 6.54 Å². The summed E-state index contributed by atoms with van der Waals surface area (Å²) in [6, 6.07) is 12.9. The fourth-order valence-corrected chi connectivity index (χ4v) is 1.74. The van der Waals surface area contributed by atoms with Gasteiger partial charge in [0.05, 0.1) is 0 Å². The molecule has 18 heavy (non-hydrogen) atoms. The van der Waals surface area contributed by atoms with E-state index in [2.05, 4.69) is 5.32 Å². The number of benzene rings is 2. The summed E-state index contributed by atoms with van der Waals surface area (Å²) in [5.74, 6) is -0.607. The average molecular weight is 264 g/mol. The van der Waals surface area contributed by atoms with Crippen molar-refractivity contribution in [3.63, 3.8) is 0 Å². The van der Waals surface area contributed by atoms with Crippen molar-refractivity contribution in [2.75, 3.05) is 0 Å². The number of amides is 1. The number of carbonyl (C=O) groups excluding carboxylic acids is 1. The molecule has 2 aromatic carbocycles. The molecule has 0 aliphatic carbocycles. The minimum atomic E-state index is -0.330. The summed E-state index contributed by atoms with van der Waals surface area (Å²) in [4.78, 5) is 11.8. The third-order valence-corrected chi connectivity index (χ3v) is 2.72. The first-order chi connectivity index (χ1) is 8.66. The highest BCUT2D eigenvalue weighted by Gasteiger charge is 2.07. The largest absolute Gasteiger partial charge is 0.348 e. The summed E-state index contributed by atoms with van der Waals surface area (Å²) < 4.78 is 13.3. The Morgan fingerprint density at radius 2 is 1.94 bits per heavy atom. The lowest BCUT2D eigenvalue weighted by Crippen LogP contribution is -2.23. The molecule has 2 nitrogen and oxygen atoms in total. The molecule has 0 aliphatic heterocycles. The van der Waals surface area contributed by atoms with Crippen molar-refractivity contribution < 1.29 is 9.18 Å². The van der Waals surface area contributed by atoms with E-state index in [1.807, 2.05) is 0 Å². The van der Waals surface area contributed by atoms with Gasteiger partial charge < -0.3 is 5.32 Å². The number of hydrogen-bond donors (Lipinski definition) is 1. The summed E-state index contributed by atoms with van der Waals surface area (Å²) in [5, 5.41) is 3.14. The number of carbonyl (C=O) groups is 1. The molecule has 0 saturated heterocycles. The average Bonchev–Trinajstić information content (AvgIpc) is 2.37. The molecule has 0 aliphatic rings. The lowest BCUT2D eigenvalue weighted by molar-refractivity contribution is 0.0950. The standard InChI is InChI=1S/C14H11ClFNO/c15-12-6-3-5-10(8-12)14(18)17-9-11-4-1-2-7-13(11)16/h1-8H,9H2,(H,17,18). The highest BCUT2D eigenvalue weighted by Crippen LogP contribution is 2.11. The first kappa shape index (κ1) is 12.6. The fraction of sp³-hybridized carbons (Fsp3) is 0.0714. The maximum atomic E-state index is 13.3. The van der Waals surface area contributed by atoms with E-state index in [-0.39, 0.29) is 18.3 Å². The van der Waals surface area contributed by atoms with Gasteiger partial charge in [0, 0.05) is 22.7 Å². The molecular formula is C14H11ClFNO. The van der Waals surface area contributed by atoms with Crippen LogP contribution in [0.1, 0.15) is 15.9 Å². The molecule has 1 N–H and O–H groups in total. The van der Waals surface area contributed by atoms with E-state index in [0.29, 0.717) is 16.1 Å². The number of rotatable bonds is 3. The van der Waals surface area contributed by atoms with Crippen LogP contribution in [0.2, 0.25) is 5.02 Å². The maximum Gasteiger partial charge on any atom is 0.251 e. The lowest BCUT2D eigenvalue weighted by atomic mass is 10.2. The molecule has 0 saturated carbocycles. The van der Waals surface area contributed by atoms with E-state index in [0.717, 1.165) is 0 Å². The van der Waals surface area contributed by atoms with Crippen molar-refractivity contribution in [3.05, 3.63) is 70.5 Å². The van der Waals surface area contributed by atoms with E-state index in [1.165, 1.54) is 6.07 Å². The molecule has 92 valence electrons. The van der Waals surface area contributed by atoms with Crippen molar-refractivity contribution in [1.82, 2.24) is 5.32 Å². The van der Waals surface area contributed by atoms with Gasteiger partial charge in [0.25, 0.3) is 5.91 Å². The molecule has 0 aromatic heterocycles. The smallest absolute Gasteiger partial charge is 0.251 e. The molecule has 0 unspecified atom stereocenters. The Kier molecular flexibility index (Phi) is 3.95. The van der Waals surface area contributed by atoms with Gasteiger partial charge in [-0.05, 0) is 24.3 Å². The Balaban J connectivity index is 2.03. The molecule has 1 amide bonds. The third kappa shape index (κ3) is 3.08. The summed E-state index contributed by atoms with van der Waals surface area (Å²) >= 11 is 5.79. The Hall–Kier alpha value is -1.87. The molecule has 0 radical (unpaired) electrons. The van der Waals surface area contributed by atoms with Crippen LogP contribution < -0.4 is 5.32 Å². The zero-order valence-corrected chi connectivity index (χ0v) is 10.2. The predicted molar refractivity (Wildman–Crippen MR) is 69.0 cm³/mol. The van der Waals surface area contributed by atoms with Gasteiger partial charge in [-0.15, -0.1) is 0 Å². The van der Waals surface area contributed by atoms with Crippen LogP contribution in [0.15, 0.2) is 48.5 Å². The zero-order valence-electron chi connectivity index (χ0n) is 9.49. The summed E-state index contributed by atoms with van der Waals surface area (Å²) in [7, 11) is 0. The van der Waals surface area contributed by atoms with Crippen LogP contribution in [0.4, 0.5) is 4.39 Å².